The minimum Gasteiger partial charge on any atom is -0.120 e. The highest BCUT2D eigenvalue weighted by atomic mass is 33.1. The second-order valence-electron chi connectivity index (χ2n) is 1.49. The maximum atomic E-state index is 5.03. The Morgan fingerprint density at radius 3 is 2.75 bits per heavy atom. The van der Waals surface area contributed by atoms with Gasteiger partial charge in [0.1, 0.15) is 0 Å². The van der Waals surface area contributed by atoms with Gasteiger partial charge in [-0.3, -0.25) is 0 Å². The summed E-state index contributed by atoms with van der Waals surface area (Å²) in [4.78, 5) is 0. The van der Waals surface area contributed by atoms with Gasteiger partial charge in [0, 0.05) is 12.2 Å². The van der Waals surface area contributed by atoms with Gasteiger partial charge < -0.3 is 0 Å². The molecule has 0 saturated heterocycles. The van der Waals surface area contributed by atoms with Gasteiger partial charge in [-0.2, -0.15) is 0 Å². The lowest BCUT2D eigenvalue weighted by Crippen LogP contribution is -1.74. The van der Waals surface area contributed by atoms with E-state index in [0.29, 0.717) is 0 Å². The standard InChI is InChI=1S/C6H10S2/c1-2-3-4-5-6-8-7/h1,7H,3-6H2. The molecule has 0 N–H and O–H groups in total. The summed E-state index contributed by atoms with van der Waals surface area (Å²) in [5, 5.41) is 0. The first kappa shape index (κ1) is 8.26. The van der Waals surface area contributed by atoms with Crippen molar-refractivity contribution in [1.29, 1.82) is 0 Å². The molecule has 8 heavy (non-hydrogen) atoms. The summed E-state index contributed by atoms with van der Waals surface area (Å²) in [5.74, 6) is 3.71. The van der Waals surface area contributed by atoms with Gasteiger partial charge in [-0.05, 0) is 12.8 Å². The quantitative estimate of drug-likeness (QED) is 0.275. The van der Waals surface area contributed by atoms with E-state index >= 15 is 0 Å². The summed E-state index contributed by atoms with van der Waals surface area (Å²) in [7, 11) is 1.58. The molecule has 0 nitrogen and oxygen atoms in total. The van der Waals surface area contributed by atoms with Crippen molar-refractivity contribution in [3.05, 3.63) is 0 Å². The van der Waals surface area contributed by atoms with Crippen LogP contribution in [0.1, 0.15) is 19.3 Å². The van der Waals surface area contributed by atoms with Crippen molar-refractivity contribution in [2.24, 2.45) is 0 Å². The number of rotatable bonds is 4. The zero-order valence-corrected chi connectivity index (χ0v) is 6.47. The molecule has 46 valence electrons. The minimum absolute atomic E-state index is 0.911. The molecule has 0 aromatic carbocycles. The number of hydrogen-bond acceptors (Lipinski definition) is 2. The van der Waals surface area contributed by atoms with Crippen LogP contribution in [0.4, 0.5) is 0 Å². The summed E-state index contributed by atoms with van der Waals surface area (Å²) in [5.41, 5.74) is 0. The maximum absolute atomic E-state index is 5.03. The molecule has 0 aliphatic carbocycles. The Kier molecular flexibility index (Phi) is 7.50. The maximum Gasteiger partial charge on any atom is 0.00863 e. The van der Waals surface area contributed by atoms with Crippen LogP contribution < -0.4 is 0 Å². The summed E-state index contributed by atoms with van der Waals surface area (Å²) in [6, 6.07) is 0. The van der Waals surface area contributed by atoms with Gasteiger partial charge >= 0.3 is 0 Å². The van der Waals surface area contributed by atoms with E-state index in [4.69, 9.17) is 6.42 Å². The van der Waals surface area contributed by atoms with Crippen LogP contribution in [0.3, 0.4) is 0 Å². The highest BCUT2D eigenvalue weighted by molar-refractivity contribution is 8.68. The fourth-order valence-electron chi connectivity index (χ4n) is 0.394. The largest absolute Gasteiger partial charge is 0.120 e. The van der Waals surface area contributed by atoms with Crippen LogP contribution in [-0.2, 0) is 0 Å². The van der Waals surface area contributed by atoms with E-state index < -0.39 is 0 Å². The lowest BCUT2D eigenvalue weighted by molar-refractivity contribution is 0.839. The molecular weight excluding hydrogens is 136 g/mol. The lowest BCUT2D eigenvalue weighted by Gasteiger charge is -1.89. The lowest BCUT2D eigenvalue weighted by atomic mass is 10.3. The van der Waals surface area contributed by atoms with Gasteiger partial charge in [0.25, 0.3) is 0 Å². The minimum atomic E-state index is 0.911. The van der Waals surface area contributed by atoms with Gasteiger partial charge in [-0.15, -0.1) is 24.0 Å². The Balaban J connectivity index is 2.65. The van der Waals surface area contributed by atoms with E-state index in [1.54, 1.807) is 10.8 Å². The van der Waals surface area contributed by atoms with Crippen LogP contribution >= 0.6 is 22.5 Å². The van der Waals surface area contributed by atoms with E-state index in [9.17, 15) is 0 Å². The summed E-state index contributed by atoms with van der Waals surface area (Å²) in [6.07, 6.45) is 8.28. The molecule has 0 fully saturated rings. The van der Waals surface area contributed by atoms with Gasteiger partial charge in [0.05, 0.1) is 0 Å². The van der Waals surface area contributed by atoms with Gasteiger partial charge in [0.2, 0.25) is 0 Å². The van der Waals surface area contributed by atoms with E-state index in [0.717, 1.165) is 18.6 Å². The Morgan fingerprint density at radius 2 is 2.25 bits per heavy atom. The molecule has 0 radical (unpaired) electrons. The van der Waals surface area contributed by atoms with Crippen LogP contribution in [0.25, 0.3) is 0 Å². The monoisotopic (exact) mass is 146 g/mol. The van der Waals surface area contributed by atoms with E-state index in [-0.39, 0.29) is 0 Å². The van der Waals surface area contributed by atoms with Crippen molar-refractivity contribution < 1.29 is 0 Å². The Bertz CT molecular complexity index is 73.1. The summed E-state index contributed by atoms with van der Waals surface area (Å²) < 4.78 is 0. The fourth-order valence-corrected chi connectivity index (χ4v) is 1.11. The first-order valence-corrected chi connectivity index (χ1v) is 4.65. The molecule has 0 unspecified atom stereocenters. The number of terminal acetylenes is 1. The molecule has 0 bridgehead atoms. The average molecular weight is 146 g/mol. The van der Waals surface area contributed by atoms with Crippen molar-refractivity contribution in [1.82, 2.24) is 0 Å². The number of hydrogen-bond donors (Lipinski definition) is 1. The van der Waals surface area contributed by atoms with E-state index in [2.05, 4.69) is 17.6 Å². The molecule has 0 aromatic rings. The molecule has 0 spiro atoms. The van der Waals surface area contributed by atoms with Crippen LogP contribution in [0.2, 0.25) is 0 Å². The summed E-state index contributed by atoms with van der Waals surface area (Å²) >= 11 is 3.99. The van der Waals surface area contributed by atoms with Gasteiger partial charge in [0.15, 0.2) is 0 Å². The predicted molar refractivity (Wildman–Crippen MR) is 44.1 cm³/mol. The van der Waals surface area contributed by atoms with Crippen LogP contribution in [0.5, 0.6) is 0 Å². The molecule has 0 rings (SSSR count). The molecule has 0 aliphatic rings. The van der Waals surface area contributed by atoms with Gasteiger partial charge in [-0.1, -0.05) is 10.8 Å². The fraction of sp³-hybridized carbons (Fsp3) is 0.667. The smallest absolute Gasteiger partial charge is 0.00863 e. The molecule has 0 saturated carbocycles. The van der Waals surface area contributed by atoms with Crippen molar-refractivity contribution in [3.8, 4) is 12.3 Å². The zero-order chi connectivity index (χ0) is 6.24. The van der Waals surface area contributed by atoms with Gasteiger partial charge in [-0.25, -0.2) is 0 Å². The highest BCUT2D eigenvalue weighted by Crippen LogP contribution is 2.08. The van der Waals surface area contributed by atoms with Crippen LogP contribution in [-0.4, -0.2) is 5.75 Å². The van der Waals surface area contributed by atoms with Crippen molar-refractivity contribution >= 4 is 22.5 Å². The molecule has 0 heterocycles. The Hall–Kier alpha value is 0.260. The van der Waals surface area contributed by atoms with E-state index in [1.807, 2.05) is 0 Å². The molecule has 0 atom stereocenters. The van der Waals surface area contributed by atoms with Crippen molar-refractivity contribution in [2.45, 2.75) is 19.3 Å². The first-order valence-electron chi connectivity index (χ1n) is 2.61. The summed E-state index contributed by atoms with van der Waals surface area (Å²) in [6.45, 7) is 0. The molecule has 0 amide bonds. The molecule has 2 heteroatoms. The predicted octanol–water partition coefficient (Wildman–Crippen LogP) is 2.37. The second-order valence-corrected chi connectivity index (χ2v) is 2.94. The van der Waals surface area contributed by atoms with E-state index in [1.165, 1.54) is 6.42 Å². The third-order valence-electron chi connectivity index (χ3n) is 0.807. The Morgan fingerprint density at radius 1 is 1.50 bits per heavy atom. The number of thiol groups is 1. The van der Waals surface area contributed by atoms with Crippen LogP contribution in [0.15, 0.2) is 0 Å². The molecule has 0 aliphatic heterocycles. The Labute approximate surface area is 60.2 Å². The topological polar surface area (TPSA) is 0 Å². The SMILES string of the molecule is C#CCCCCSS. The van der Waals surface area contributed by atoms with Crippen molar-refractivity contribution in [3.63, 3.8) is 0 Å². The van der Waals surface area contributed by atoms with Crippen molar-refractivity contribution in [2.75, 3.05) is 5.75 Å². The number of unbranched alkanes of at least 4 members (excludes halogenated alkanes) is 2. The third-order valence-corrected chi connectivity index (χ3v) is 1.83. The second kappa shape index (κ2) is 7.26. The molecular formula is C6H10S2. The average Bonchev–Trinajstić information content (AvgIpc) is 1.81. The highest BCUT2D eigenvalue weighted by Gasteiger charge is 1.82. The molecule has 0 aromatic heterocycles. The first-order chi connectivity index (χ1) is 3.91. The van der Waals surface area contributed by atoms with Crippen LogP contribution in [0, 0.1) is 12.3 Å². The third kappa shape index (κ3) is 6.26. The normalized spacial score (nSPS) is 8.50. The zero-order valence-electron chi connectivity index (χ0n) is 4.76.